The van der Waals surface area contributed by atoms with Crippen molar-refractivity contribution in [1.29, 1.82) is 0 Å². The minimum Gasteiger partial charge on any atom is -0.187 e. The number of rotatable bonds is 4. The summed E-state index contributed by atoms with van der Waals surface area (Å²) >= 11 is 0. The maximum absolute atomic E-state index is 2.54. The second kappa shape index (κ2) is 6.54. The Morgan fingerprint density at radius 1 is 0.923 bits per heavy atom. The van der Waals surface area contributed by atoms with Gasteiger partial charge in [0, 0.05) is 22.6 Å². The average Bonchev–Trinajstić information content (AvgIpc) is 2.94. The van der Waals surface area contributed by atoms with Gasteiger partial charge in [0.25, 0.3) is 0 Å². The van der Waals surface area contributed by atoms with Gasteiger partial charge in [-0.05, 0) is 60.9 Å². The van der Waals surface area contributed by atoms with Gasteiger partial charge in [0.05, 0.1) is 5.56 Å². The van der Waals surface area contributed by atoms with Crippen molar-refractivity contribution in [2.24, 2.45) is 11.8 Å². The van der Waals surface area contributed by atoms with Crippen LogP contribution in [0.5, 0.6) is 0 Å². The normalized spacial score (nSPS) is 12.9. The molecule has 3 aromatic rings. The van der Waals surface area contributed by atoms with Crippen molar-refractivity contribution < 1.29 is 4.57 Å². The highest BCUT2D eigenvalue weighted by Crippen LogP contribution is 2.36. The van der Waals surface area contributed by atoms with Crippen molar-refractivity contribution >= 4 is 10.9 Å². The number of hydrogen-bond acceptors (Lipinski definition) is 0. The Hall–Kier alpha value is -2.15. The molecule has 1 aliphatic rings. The van der Waals surface area contributed by atoms with E-state index in [4.69, 9.17) is 0 Å². The number of nitrogens with zero attached hydrogens (tertiary/aromatic N) is 1. The van der Waals surface area contributed by atoms with Crippen LogP contribution >= 0.6 is 0 Å². The molecule has 0 N–H and O–H groups in total. The summed E-state index contributed by atoms with van der Waals surface area (Å²) < 4.78 is 2.54. The zero-order chi connectivity index (χ0) is 18.4. The zero-order valence-electron chi connectivity index (χ0n) is 16.8. The van der Waals surface area contributed by atoms with E-state index >= 15 is 0 Å². The third-order valence-electron chi connectivity index (χ3n) is 5.49. The Bertz CT molecular complexity index is 979. The van der Waals surface area contributed by atoms with Gasteiger partial charge in [-0.15, -0.1) is 0 Å². The molecule has 0 fully saturated rings. The molecular formula is C25H30N+. The van der Waals surface area contributed by atoms with Gasteiger partial charge < -0.3 is 0 Å². The van der Waals surface area contributed by atoms with Crippen molar-refractivity contribution in [3.63, 3.8) is 0 Å². The summed E-state index contributed by atoms with van der Waals surface area (Å²) in [5.41, 5.74) is 10.2. The van der Waals surface area contributed by atoms with Crippen LogP contribution in [0.2, 0.25) is 0 Å². The molecule has 0 saturated carbocycles. The highest BCUT2D eigenvalue weighted by atomic mass is 15.0. The predicted octanol–water partition coefficient (Wildman–Crippen LogP) is 5.86. The van der Waals surface area contributed by atoms with Crippen molar-refractivity contribution in [2.75, 3.05) is 0 Å². The second-order valence-electron chi connectivity index (χ2n) is 8.80. The van der Waals surface area contributed by atoms with Gasteiger partial charge in [0.1, 0.15) is 0 Å². The molecule has 0 radical (unpaired) electrons. The van der Waals surface area contributed by atoms with E-state index in [1.165, 1.54) is 39.7 Å². The van der Waals surface area contributed by atoms with Crippen LogP contribution in [0, 0.1) is 18.8 Å². The Labute approximate surface area is 157 Å². The van der Waals surface area contributed by atoms with Crippen LogP contribution in [-0.4, -0.2) is 0 Å². The van der Waals surface area contributed by atoms with Gasteiger partial charge in [-0.1, -0.05) is 45.9 Å². The summed E-state index contributed by atoms with van der Waals surface area (Å²) in [5, 5.41) is 1.34. The van der Waals surface area contributed by atoms with E-state index in [0.29, 0.717) is 11.8 Å². The fraction of sp³-hybridized carbons (Fsp3) is 0.400. The van der Waals surface area contributed by atoms with Gasteiger partial charge in [0.15, 0.2) is 6.54 Å². The van der Waals surface area contributed by atoms with Crippen LogP contribution in [0.15, 0.2) is 42.5 Å². The Morgan fingerprint density at radius 2 is 1.65 bits per heavy atom. The number of fused-ring (bicyclic) bond motifs is 5. The number of aromatic nitrogens is 1. The van der Waals surface area contributed by atoms with Crippen molar-refractivity contribution in [3.05, 3.63) is 64.7 Å². The first-order valence-electron chi connectivity index (χ1n) is 10.0. The van der Waals surface area contributed by atoms with Crippen molar-refractivity contribution in [1.82, 2.24) is 0 Å². The highest BCUT2D eigenvalue weighted by molar-refractivity contribution is 5.81. The lowest BCUT2D eigenvalue weighted by molar-refractivity contribution is -0.646. The summed E-state index contributed by atoms with van der Waals surface area (Å²) in [6, 6.07) is 16.1. The van der Waals surface area contributed by atoms with Crippen LogP contribution in [0.1, 0.15) is 49.9 Å². The Kier molecular flexibility index (Phi) is 4.34. The van der Waals surface area contributed by atoms with E-state index in [-0.39, 0.29) is 0 Å². The maximum Gasteiger partial charge on any atom is 0.216 e. The summed E-state index contributed by atoms with van der Waals surface area (Å²) in [6.45, 7) is 12.6. The molecule has 1 nitrogen and oxygen atoms in total. The van der Waals surface area contributed by atoms with Crippen LogP contribution in [0.25, 0.3) is 22.2 Å². The first kappa shape index (κ1) is 17.3. The molecule has 26 heavy (non-hydrogen) atoms. The standard InChI is InChI=1S/C25H30N/c1-16(2)10-19-13-21(11-17(3)4)23-15-26-24-9-7-6-8-20(24)12-18(5)25(26)22(23)14-19/h6-9,12-14,16-17H,10-11,15H2,1-5H3/q+1. The summed E-state index contributed by atoms with van der Waals surface area (Å²) in [4.78, 5) is 0. The first-order valence-corrected chi connectivity index (χ1v) is 10.0. The fourth-order valence-corrected chi connectivity index (χ4v) is 4.58. The zero-order valence-corrected chi connectivity index (χ0v) is 16.8. The number of para-hydroxylation sites is 1. The number of aryl methyl sites for hydroxylation is 1. The van der Waals surface area contributed by atoms with E-state index in [1.807, 2.05) is 0 Å². The minimum absolute atomic E-state index is 0.681. The lowest BCUT2D eigenvalue weighted by Crippen LogP contribution is -2.34. The molecule has 1 aliphatic heterocycles. The van der Waals surface area contributed by atoms with Gasteiger partial charge in [-0.3, -0.25) is 0 Å². The molecule has 2 aromatic carbocycles. The maximum atomic E-state index is 2.54. The van der Waals surface area contributed by atoms with E-state index < -0.39 is 0 Å². The van der Waals surface area contributed by atoms with Crippen LogP contribution < -0.4 is 4.57 Å². The SMILES string of the molecule is Cc1cc2ccccc2[n+]2c1-c1cc(CC(C)C)cc(CC(C)C)c1C2. The largest absolute Gasteiger partial charge is 0.216 e. The molecule has 0 bridgehead atoms. The number of hydrogen-bond donors (Lipinski definition) is 0. The van der Waals surface area contributed by atoms with Gasteiger partial charge in [-0.25, -0.2) is 0 Å². The van der Waals surface area contributed by atoms with Gasteiger partial charge in [-0.2, -0.15) is 4.57 Å². The molecule has 0 unspecified atom stereocenters. The lowest BCUT2D eigenvalue weighted by atomic mass is 9.89. The fourth-order valence-electron chi connectivity index (χ4n) is 4.58. The van der Waals surface area contributed by atoms with Crippen LogP contribution in [0.4, 0.5) is 0 Å². The lowest BCUT2D eigenvalue weighted by Gasteiger charge is -2.13. The molecule has 0 saturated heterocycles. The van der Waals surface area contributed by atoms with E-state index in [1.54, 1.807) is 11.1 Å². The predicted molar refractivity (Wildman–Crippen MR) is 111 cm³/mol. The molecular weight excluding hydrogens is 314 g/mol. The number of benzene rings is 2. The smallest absolute Gasteiger partial charge is 0.187 e. The molecule has 2 heterocycles. The molecule has 0 amide bonds. The third-order valence-corrected chi connectivity index (χ3v) is 5.49. The van der Waals surface area contributed by atoms with E-state index in [2.05, 4.69) is 81.7 Å². The monoisotopic (exact) mass is 344 g/mol. The van der Waals surface area contributed by atoms with Crippen molar-refractivity contribution in [2.45, 2.75) is 54.0 Å². The van der Waals surface area contributed by atoms with Crippen LogP contribution in [-0.2, 0) is 19.4 Å². The van der Waals surface area contributed by atoms with Gasteiger partial charge in [0.2, 0.25) is 11.2 Å². The Balaban J connectivity index is 1.96. The number of pyridine rings is 1. The molecule has 1 aromatic heterocycles. The first-order chi connectivity index (χ1) is 12.4. The average molecular weight is 345 g/mol. The minimum atomic E-state index is 0.681. The molecule has 134 valence electrons. The van der Waals surface area contributed by atoms with E-state index in [0.717, 1.165) is 13.0 Å². The van der Waals surface area contributed by atoms with Crippen LogP contribution in [0.3, 0.4) is 0 Å². The molecule has 0 spiro atoms. The molecule has 4 rings (SSSR count). The molecule has 1 heteroatoms. The molecule has 0 atom stereocenters. The highest BCUT2D eigenvalue weighted by Gasteiger charge is 2.32. The topological polar surface area (TPSA) is 3.88 Å². The summed E-state index contributed by atoms with van der Waals surface area (Å²) in [6.07, 6.45) is 2.32. The summed E-state index contributed by atoms with van der Waals surface area (Å²) in [5.74, 6) is 1.37. The molecule has 0 aliphatic carbocycles. The Morgan fingerprint density at radius 3 is 2.38 bits per heavy atom. The second-order valence-corrected chi connectivity index (χ2v) is 8.80. The third kappa shape index (κ3) is 2.94. The van der Waals surface area contributed by atoms with Crippen molar-refractivity contribution in [3.8, 4) is 11.3 Å². The van der Waals surface area contributed by atoms with Gasteiger partial charge >= 0.3 is 0 Å². The quantitative estimate of drug-likeness (QED) is 0.408. The summed E-state index contributed by atoms with van der Waals surface area (Å²) in [7, 11) is 0. The van der Waals surface area contributed by atoms with E-state index in [9.17, 15) is 0 Å².